The van der Waals surface area contributed by atoms with Crippen LogP contribution in [-0.2, 0) is 9.59 Å². The number of likely N-dealkylation sites (tertiary alicyclic amines) is 1. The molecule has 0 aromatic heterocycles. The predicted octanol–water partition coefficient (Wildman–Crippen LogP) is 5.10. The molecular weight excluding hydrogens is 538 g/mol. The standard InChI is InChI=1S/C32H38ClN5O3/c33-25-5-4-6-26(16-25)34-28(39)20-37-21-38(27-7-2-1-3-8-27)32(29(37)40)9-11-36(12-10-32)30(41)35-31-17-22-13-23(18-31)15-24(14-22)19-31/h1-8,16,22-24H,9-15,17-21H2,(H,34,39)(H,35,41). The number of nitrogens with one attached hydrogen (secondary N) is 2. The summed E-state index contributed by atoms with van der Waals surface area (Å²) in [5, 5.41) is 6.90. The summed E-state index contributed by atoms with van der Waals surface area (Å²) in [5.74, 6) is 1.98. The number of halogens is 1. The first-order valence-electron chi connectivity index (χ1n) is 15.1. The lowest BCUT2D eigenvalue weighted by Gasteiger charge is -2.57. The first-order valence-corrected chi connectivity index (χ1v) is 15.4. The third kappa shape index (κ3) is 4.94. The van der Waals surface area contributed by atoms with E-state index in [0.29, 0.717) is 43.3 Å². The third-order valence-corrected chi connectivity index (χ3v) is 10.5. The van der Waals surface area contributed by atoms with E-state index < -0.39 is 5.54 Å². The highest BCUT2D eigenvalue weighted by atomic mass is 35.5. The number of benzene rings is 2. The second-order valence-corrected chi connectivity index (χ2v) is 13.5. The summed E-state index contributed by atoms with van der Waals surface area (Å²) in [5.41, 5.74) is 0.731. The van der Waals surface area contributed by atoms with Crippen LogP contribution in [0.2, 0.25) is 5.02 Å². The molecule has 2 aromatic carbocycles. The van der Waals surface area contributed by atoms with Gasteiger partial charge in [-0.15, -0.1) is 0 Å². The van der Waals surface area contributed by atoms with Crippen LogP contribution in [0.5, 0.6) is 0 Å². The number of anilines is 2. The first-order chi connectivity index (χ1) is 19.8. The van der Waals surface area contributed by atoms with E-state index in [4.69, 9.17) is 11.6 Å². The van der Waals surface area contributed by atoms with Crippen molar-refractivity contribution in [1.29, 1.82) is 0 Å². The zero-order chi connectivity index (χ0) is 28.2. The van der Waals surface area contributed by atoms with Gasteiger partial charge in [0.25, 0.3) is 5.91 Å². The molecule has 8 rings (SSSR count). The lowest BCUT2D eigenvalue weighted by atomic mass is 9.53. The number of carbonyl (C=O) groups is 3. The van der Waals surface area contributed by atoms with Gasteiger partial charge in [0.05, 0.1) is 6.67 Å². The van der Waals surface area contributed by atoms with Gasteiger partial charge in [0.15, 0.2) is 0 Å². The highest BCUT2D eigenvalue weighted by molar-refractivity contribution is 6.30. The molecule has 6 fully saturated rings. The summed E-state index contributed by atoms with van der Waals surface area (Å²) < 4.78 is 0. The van der Waals surface area contributed by atoms with Crippen molar-refractivity contribution < 1.29 is 14.4 Å². The molecule has 216 valence electrons. The van der Waals surface area contributed by atoms with E-state index >= 15 is 0 Å². The van der Waals surface area contributed by atoms with Crippen LogP contribution in [0.4, 0.5) is 16.2 Å². The largest absolute Gasteiger partial charge is 0.339 e. The Labute approximate surface area is 246 Å². The van der Waals surface area contributed by atoms with Crippen molar-refractivity contribution in [2.24, 2.45) is 17.8 Å². The van der Waals surface area contributed by atoms with E-state index in [2.05, 4.69) is 15.5 Å². The Hall–Kier alpha value is -3.26. The monoisotopic (exact) mass is 575 g/mol. The van der Waals surface area contributed by atoms with Gasteiger partial charge in [0, 0.05) is 35.0 Å². The summed E-state index contributed by atoms with van der Waals surface area (Å²) in [4.78, 5) is 46.3. The molecule has 4 aliphatic carbocycles. The minimum absolute atomic E-state index is 0.0243. The quantitative estimate of drug-likeness (QED) is 0.520. The van der Waals surface area contributed by atoms with Gasteiger partial charge in [-0.1, -0.05) is 35.9 Å². The lowest BCUT2D eigenvalue weighted by Crippen LogP contribution is -2.64. The SMILES string of the molecule is O=C(CN1CN(c2ccccc2)C2(CCN(C(=O)NC34CC5CC(CC(C5)C3)C4)CC2)C1=O)Nc1cccc(Cl)c1. The van der Waals surface area contributed by atoms with Crippen LogP contribution < -0.4 is 15.5 Å². The molecule has 2 heterocycles. The molecule has 0 radical (unpaired) electrons. The Kier molecular flexibility index (Phi) is 6.64. The van der Waals surface area contributed by atoms with E-state index in [1.165, 1.54) is 19.3 Å². The van der Waals surface area contributed by atoms with Crippen molar-refractivity contribution >= 4 is 40.8 Å². The Morgan fingerprint density at radius 1 is 0.902 bits per heavy atom. The van der Waals surface area contributed by atoms with Crippen LogP contribution >= 0.6 is 11.6 Å². The first kappa shape index (κ1) is 26.6. The summed E-state index contributed by atoms with van der Waals surface area (Å²) in [6.07, 6.45) is 8.44. The summed E-state index contributed by atoms with van der Waals surface area (Å²) in [6, 6.07) is 16.9. The van der Waals surface area contributed by atoms with E-state index in [9.17, 15) is 14.4 Å². The maximum Gasteiger partial charge on any atom is 0.317 e. The Bertz CT molecular complexity index is 1310. The molecule has 4 amide bonds. The fourth-order valence-corrected chi connectivity index (χ4v) is 9.10. The van der Waals surface area contributed by atoms with Crippen molar-refractivity contribution in [2.45, 2.75) is 62.4 Å². The zero-order valence-corrected chi connectivity index (χ0v) is 24.1. The highest BCUT2D eigenvalue weighted by Crippen LogP contribution is 2.55. The molecule has 1 spiro atoms. The van der Waals surface area contributed by atoms with Gasteiger partial charge in [-0.05, 0) is 99.5 Å². The molecule has 2 N–H and O–H groups in total. The van der Waals surface area contributed by atoms with Crippen molar-refractivity contribution in [3.05, 3.63) is 59.6 Å². The van der Waals surface area contributed by atoms with Crippen molar-refractivity contribution in [3.63, 3.8) is 0 Å². The number of nitrogens with zero attached hydrogens (tertiary/aromatic N) is 3. The number of urea groups is 1. The second-order valence-electron chi connectivity index (χ2n) is 13.1. The average Bonchev–Trinajstić information content (AvgIpc) is 3.19. The number of carbonyl (C=O) groups excluding carboxylic acids is 3. The minimum atomic E-state index is -0.783. The van der Waals surface area contributed by atoms with E-state index in [1.54, 1.807) is 29.2 Å². The topological polar surface area (TPSA) is 85.0 Å². The molecule has 0 unspecified atom stereocenters. The van der Waals surface area contributed by atoms with Crippen molar-refractivity contribution in [2.75, 3.05) is 36.5 Å². The normalized spacial score (nSPS) is 29.7. The molecule has 0 atom stereocenters. The number of para-hydroxylation sites is 1. The van der Waals surface area contributed by atoms with E-state index in [-0.39, 0.29) is 29.9 Å². The Morgan fingerprint density at radius 3 is 2.20 bits per heavy atom. The van der Waals surface area contributed by atoms with Crippen molar-refractivity contribution in [1.82, 2.24) is 15.1 Å². The second kappa shape index (κ2) is 10.2. The Morgan fingerprint density at radius 2 is 1.56 bits per heavy atom. The van der Waals surface area contributed by atoms with Crippen LogP contribution in [0, 0.1) is 17.8 Å². The Balaban J connectivity index is 1.05. The highest BCUT2D eigenvalue weighted by Gasteiger charge is 2.55. The maximum atomic E-state index is 14.0. The van der Waals surface area contributed by atoms with Crippen LogP contribution in [-0.4, -0.2) is 65.0 Å². The van der Waals surface area contributed by atoms with Gasteiger partial charge in [-0.25, -0.2) is 4.79 Å². The number of piperidine rings is 1. The van der Waals surface area contributed by atoms with Crippen LogP contribution in [0.3, 0.4) is 0 Å². The number of hydrogen-bond donors (Lipinski definition) is 2. The average molecular weight is 576 g/mol. The summed E-state index contributed by atoms with van der Waals surface area (Å²) in [7, 11) is 0. The predicted molar refractivity (Wildman–Crippen MR) is 159 cm³/mol. The molecule has 2 saturated heterocycles. The fraction of sp³-hybridized carbons (Fsp3) is 0.531. The molecule has 6 aliphatic rings. The molecule has 2 aliphatic heterocycles. The molecule has 8 nitrogen and oxygen atoms in total. The summed E-state index contributed by atoms with van der Waals surface area (Å²) in [6.45, 7) is 1.30. The third-order valence-electron chi connectivity index (χ3n) is 10.3. The summed E-state index contributed by atoms with van der Waals surface area (Å²) >= 11 is 6.07. The smallest absolute Gasteiger partial charge is 0.317 e. The lowest BCUT2D eigenvalue weighted by molar-refractivity contribution is -0.136. The molecule has 9 heteroatoms. The van der Waals surface area contributed by atoms with Crippen LogP contribution in [0.25, 0.3) is 0 Å². The number of amides is 4. The maximum absolute atomic E-state index is 14.0. The van der Waals surface area contributed by atoms with Gasteiger partial charge in [0.2, 0.25) is 5.91 Å². The van der Waals surface area contributed by atoms with Gasteiger partial charge in [-0.3, -0.25) is 9.59 Å². The van der Waals surface area contributed by atoms with Gasteiger partial charge in [-0.2, -0.15) is 0 Å². The van der Waals surface area contributed by atoms with Gasteiger partial charge in [0.1, 0.15) is 12.1 Å². The van der Waals surface area contributed by atoms with Gasteiger partial charge >= 0.3 is 6.03 Å². The van der Waals surface area contributed by atoms with E-state index in [0.717, 1.165) is 42.7 Å². The molecule has 41 heavy (non-hydrogen) atoms. The van der Waals surface area contributed by atoms with Crippen LogP contribution in [0.15, 0.2) is 54.6 Å². The van der Waals surface area contributed by atoms with Crippen LogP contribution in [0.1, 0.15) is 51.4 Å². The minimum Gasteiger partial charge on any atom is -0.339 e. The van der Waals surface area contributed by atoms with E-state index in [1.807, 2.05) is 35.2 Å². The molecular formula is C32H38ClN5O3. The molecule has 4 saturated carbocycles. The number of hydrogen-bond acceptors (Lipinski definition) is 4. The molecule has 2 aromatic rings. The van der Waals surface area contributed by atoms with Crippen molar-refractivity contribution in [3.8, 4) is 0 Å². The molecule has 4 bridgehead atoms. The zero-order valence-electron chi connectivity index (χ0n) is 23.4. The van der Waals surface area contributed by atoms with Gasteiger partial charge < -0.3 is 25.3 Å². The fourth-order valence-electron chi connectivity index (χ4n) is 8.91. The number of rotatable bonds is 5.